The first-order valence-electron chi connectivity index (χ1n) is 8.98. The van der Waals surface area contributed by atoms with Gasteiger partial charge in [0.2, 0.25) is 11.6 Å². The first-order valence-corrected chi connectivity index (χ1v) is 8.98. The molecule has 0 aliphatic carbocycles. The summed E-state index contributed by atoms with van der Waals surface area (Å²) in [7, 11) is 0. The molecule has 0 aliphatic rings. The Morgan fingerprint density at radius 2 is 0.765 bits per heavy atom. The van der Waals surface area contributed by atoms with E-state index in [1.165, 1.54) is 18.2 Å². The van der Waals surface area contributed by atoms with Crippen LogP contribution in [0, 0.1) is 58.2 Å². The van der Waals surface area contributed by atoms with Crippen molar-refractivity contribution in [2.24, 2.45) is 9.98 Å². The van der Waals surface area contributed by atoms with E-state index in [1.54, 1.807) is 0 Å². The van der Waals surface area contributed by atoms with Crippen LogP contribution < -0.4 is 0 Å². The summed E-state index contributed by atoms with van der Waals surface area (Å²) in [6.45, 7) is 2.22. The van der Waals surface area contributed by atoms with Gasteiger partial charge < -0.3 is 0 Å². The van der Waals surface area contributed by atoms with Gasteiger partial charge in [-0.3, -0.25) is 0 Å². The number of aliphatic imine (C=N–C) groups is 2. The number of aromatic nitrogens is 1. The average Bonchev–Trinajstić information content (AvgIpc) is 2.84. The Kier molecular flexibility index (Phi) is 6.75. The third-order valence-corrected chi connectivity index (χ3v) is 4.42. The van der Waals surface area contributed by atoms with Crippen LogP contribution in [0.1, 0.15) is 25.2 Å². The monoisotopic (exact) mass is 493 g/mol. The molecular weight excluding hydrogens is 484 g/mol. The fourth-order valence-corrected chi connectivity index (χ4v) is 2.67. The molecule has 0 fully saturated rings. The van der Waals surface area contributed by atoms with Gasteiger partial charge in [0.25, 0.3) is 0 Å². The van der Waals surface area contributed by atoms with Crippen LogP contribution in [0.4, 0.5) is 55.3 Å². The number of pyridine rings is 1. The number of rotatable bonds is 4. The molecule has 0 N–H and O–H groups in total. The molecule has 0 spiro atoms. The fourth-order valence-electron chi connectivity index (χ4n) is 2.67. The predicted molar refractivity (Wildman–Crippen MR) is 100 cm³/mol. The summed E-state index contributed by atoms with van der Waals surface area (Å²) >= 11 is 0. The van der Waals surface area contributed by atoms with E-state index in [4.69, 9.17) is 0 Å². The van der Waals surface area contributed by atoms with E-state index in [0.717, 1.165) is 13.8 Å². The zero-order valence-electron chi connectivity index (χ0n) is 16.9. The first-order chi connectivity index (χ1) is 15.9. The quantitative estimate of drug-likeness (QED) is 0.171. The molecule has 3 aromatic rings. The maximum Gasteiger partial charge on any atom is 0.200 e. The minimum atomic E-state index is -2.37. The highest BCUT2D eigenvalue weighted by Crippen LogP contribution is 2.31. The van der Waals surface area contributed by atoms with Crippen molar-refractivity contribution in [3.8, 4) is 0 Å². The highest BCUT2D eigenvalue weighted by Gasteiger charge is 2.27. The SMILES string of the molecule is CC(=Nc1c(F)c(F)c(F)c(F)c1F)c1cccc(C(C)=Nc2c(F)c(F)c(F)c(F)c2F)n1. The van der Waals surface area contributed by atoms with Crippen LogP contribution in [0.25, 0.3) is 0 Å². The van der Waals surface area contributed by atoms with Crippen LogP contribution >= 0.6 is 0 Å². The van der Waals surface area contributed by atoms with E-state index in [1.807, 2.05) is 0 Å². The van der Waals surface area contributed by atoms with Gasteiger partial charge in [-0.15, -0.1) is 0 Å². The Hall–Kier alpha value is -3.77. The molecule has 13 heteroatoms. The average molecular weight is 493 g/mol. The first kappa shape index (κ1) is 24.9. The van der Waals surface area contributed by atoms with E-state index in [0.29, 0.717) is 0 Å². The van der Waals surface area contributed by atoms with Gasteiger partial charge in [0.05, 0.1) is 22.8 Å². The molecule has 0 bridgehead atoms. The molecule has 0 radical (unpaired) electrons. The predicted octanol–water partition coefficient (Wildman–Crippen LogP) is 6.75. The van der Waals surface area contributed by atoms with Gasteiger partial charge in [-0.25, -0.2) is 58.9 Å². The maximum atomic E-state index is 13.9. The van der Waals surface area contributed by atoms with Crippen LogP contribution in [-0.4, -0.2) is 16.4 Å². The molecule has 0 saturated carbocycles. The van der Waals surface area contributed by atoms with E-state index in [2.05, 4.69) is 15.0 Å². The van der Waals surface area contributed by atoms with Gasteiger partial charge in [-0.2, -0.15) is 0 Å². The Bertz CT molecular complexity index is 1220. The molecule has 178 valence electrons. The molecule has 0 atom stereocenters. The molecule has 0 amide bonds. The molecule has 1 heterocycles. The van der Waals surface area contributed by atoms with Crippen molar-refractivity contribution in [2.75, 3.05) is 0 Å². The summed E-state index contributed by atoms with van der Waals surface area (Å²) in [5.41, 5.74) is -4.01. The van der Waals surface area contributed by atoms with Gasteiger partial charge in [0.15, 0.2) is 46.5 Å². The van der Waals surface area contributed by atoms with E-state index in [9.17, 15) is 43.9 Å². The van der Waals surface area contributed by atoms with Gasteiger partial charge in [0, 0.05) is 0 Å². The zero-order chi connectivity index (χ0) is 25.5. The van der Waals surface area contributed by atoms with Gasteiger partial charge in [-0.05, 0) is 26.0 Å². The summed E-state index contributed by atoms with van der Waals surface area (Å²) in [4.78, 5) is 10.7. The Balaban J connectivity index is 2.08. The minimum Gasteiger partial charge on any atom is -0.245 e. The van der Waals surface area contributed by atoms with E-state index < -0.39 is 69.5 Å². The maximum absolute atomic E-state index is 13.9. The standard InChI is InChI=1S/C21H9F10N3/c1-6(32-20-16(28)12(24)10(22)13(25)17(20)29)8-4-3-5-9(34-8)7(2)33-21-18(30)14(26)11(23)15(27)19(21)31/h3-5H,1-2H3. The van der Waals surface area contributed by atoms with Crippen molar-refractivity contribution in [1.29, 1.82) is 0 Å². The Morgan fingerprint density at radius 1 is 0.500 bits per heavy atom. The van der Waals surface area contributed by atoms with Gasteiger partial charge >= 0.3 is 0 Å². The normalized spacial score (nSPS) is 12.5. The van der Waals surface area contributed by atoms with Crippen molar-refractivity contribution >= 4 is 22.8 Å². The fraction of sp³-hybridized carbons (Fsp3) is 0.0952. The lowest BCUT2D eigenvalue weighted by atomic mass is 10.2. The highest BCUT2D eigenvalue weighted by atomic mass is 19.2. The lowest BCUT2D eigenvalue weighted by molar-refractivity contribution is 0.381. The highest BCUT2D eigenvalue weighted by molar-refractivity contribution is 6.02. The second-order valence-electron chi connectivity index (χ2n) is 6.64. The lowest BCUT2D eigenvalue weighted by Crippen LogP contribution is -2.07. The number of nitrogens with zero attached hydrogens (tertiary/aromatic N) is 3. The van der Waals surface area contributed by atoms with E-state index in [-0.39, 0.29) is 22.8 Å². The summed E-state index contributed by atoms with van der Waals surface area (Å²) in [5, 5.41) is 0. The smallest absolute Gasteiger partial charge is 0.200 e. The summed E-state index contributed by atoms with van der Waals surface area (Å²) in [6.07, 6.45) is 0. The molecule has 3 nitrogen and oxygen atoms in total. The second-order valence-corrected chi connectivity index (χ2v) is 6.64. The lowest BCUT2D eigenvalue weighted by Gasteiger charge is -2.08. The van der Waals surface area contributed by atoms with Crippen LogP contribution in [0.15, 0.2) is 28.2 Å². The van der Waals surface area contributed by atoms with Crippen molar-refractivity contribution in [1.82, 2.24) is 4.98 Å². The van der Waals surface area contributed by atoms with Crippen LogP contribution in [0.2, 0.25) is 0 Å². The van der Waals surface area contributed by atoms with Crippen LogP contribution in [0.3, 0.4) is 0 Å². The number of halogens is 10. The zero-order valence-corrected chi connectivity index (χ0v) is 16.9. The number of hydrogen-bond acceptors (Lipinski definition) is 3. The summed E-state index contributed by atoms with van der Waals surface area (Å²) in [5.74, 6) is -22.3. The molecule has 3 rings (SSSR count). The van der Waals surface area contributed by atoms with E-state index >= 15 is 0 Å². The third-order valence-electron chi connectivity index (χ3n) is 4.42. The Labute approximate surface area is 184 Å². The summed E-state index contributed by atoms with van der Waals surface area (Å²) in [6, 6.07) is 3.67. The minimum absolute atomic E-state index is 0.187. The molecule has 0 aliphatic heterocycles. The number of benzene rings is 2. The molecule has 0 unspecified atom stereocenters. The van der Waals surface area contributed by atoms with Crippen molar-refractivity contribution in [3.05, 3.63) is 87.8 Å². The molecule has 0 saturated heterocycles. The van der Waals surface area contributed by atoms with Crippen molar-refractivity contribution in [2.45, 2.75) is 13.8 Å². The third kappa shape index (κ3) is 4.24. The second kappa shape index (κ2) is 9.23. The molecule has 1 aromatic heterocycles. The molecule has 2 aromatic carbocycles. The van der Waals surface area contributed by atoms with Crippen molar-refractivity contribution in [3.63, 3.8) is 0 Å². The van der Waals surface area contributed by atoms with Crippen LogP contribution in [0.5, 0.6) is 0 Å². The number of hydrogen-bond donors (Lipinski definition) is 0. The Morgan fingerprint density at radius 3 is 1.06 bits per heavy atom. The van der Waals surface area contributed by atoms with Gasteiger partial charge in [-0.1, -0.05) is 6.07 Å². The topological polar surface area (TPSA) is 37.6 Å². The summed E-state index contributed by atoms with van der Waals surface area (Å²) < 4.78 is 135. The molecule has 34 heavy (non-hydrogen) atoms. The van der Waals surface area contributed by atoms with Gasteiger partial charge in [0.1, 0.15) is 11.4 Å². The largest absolute Gasteiger partial charge is 0.245 e. The molecular formula is C21H9F10N3. The van der Waals surface area contributed by atoms with Crippen LogP contribution in [-0.2, 0) is 0 Å². The van der Waals surface area contributed by atoms with Crippen molar-refractivity contribution < 1.29 is 43.9 Å².